The Balaban J connectivity index is 2.31. The second-order valence-electron chi connectivity index (χ2n) is 5.45. The Bertz CT molecular complexity index is 994. The van der Waals surface area contributed by atoms with E-state index in [0.717, 1.165) is 0 Å². The molecule has 0 spiro atoms. The van der Waals surface area contributed by atoms with Crippen LogP contribution in [-0.4, -0.2) is 41.7 Å². The lowest BCUT2D eigenvalue weighted by Gasteiger charge is -2.09. The topological polar surface area (TPSA) is 109 Å². The minimum atomic E-state index is -0.558. The molecular formula is C18H15N3O5. The molecule has 0 radical (unpaired) electrons. The third-order valence-corrected chi connectivity index (χ3v) is 4.06. The number of ether oxygens (including phenoxy) is 1. The Morgan fingerprint density at radius 1 is 1.42 bits per heavy atom. The molecule has 1 aromatic heterocycles. The summed E-state index contributed by atoms with van der Waals surface area (Å²) >= 11 is 0. The maximum Gasteiger partial charge on any atom is 0.285 e. The first-order valence-corrected chi connectivity index (χ1v) is 7.62. The van der Waals surface area contributed by atoms with Crippen LogP contribution in [0, 0.1) is 22.0 Å². The van der Waals surface area contributed by atoms with E-state index < -0.39 is 11.5 Å². The molecule has 1 aliphatic heterocycles. The number of nitrogens with one attached hydrogen (secondary N) is 1. The maximum absolute atomic E-state index is 12.7. The highest BCUT2D eigenvalue weighted by Gasteiger charge is 2.35. The molecule has 8 nitrogen and oxygen atoms in total. The number of amides is 1. The SMILES string of the molecule is COc1cc[nH]c1/C=C1\C(=O)N(C)c2ccc([N+](=O)[O-])c(C#CCO)c21. The zero-order valence-corrected chi connectivity index (χ0v) is 14.1. The summed E-state index contributed by atoms with van der Waals surface area (Å²) in [5.74, 6) is 5.28. The molecule has 0 saturated carbocycles. The van der Waals surface area contributed by atoms with E-state index in [2.05, 4.69) is 16.8 Å². The summed E-state index contributed by atoms with van der Waals surface area (Å²) in [5, 5.41) is 20.4. The standard InChI is InChI=1S/C18H15N3O5/c1-20-15-6-5-14(21(24)25)11(4-3-9-22)17(15)12(18(20)23)10-13-16(26-2)7-8-19-13/h5-8,10,19,22H,9H2,1-2H3/b12-10-. The van der Waals surface area contributed by atoms with Crippen LogP contribution in [0.2, 0.25) is 0 Å². The minimum absolute atomic E-state index is 0.0935. The zero-order valence-electron chi connectivity index (χ0n) is 14.1. The van der Waals surface area contributed by atoms with Gasteiger partial charge >= 0.3 is 0 Å². The predicted octanol–water partition coefficient (Wildman–Crippen LogP) is 1.79. The molecule has 3 rings (SSSR count). The highest BCUT2D eigenvalue weighted by Crippen LogP contribution is 2.42. The van der Waals surface area contributed by atoms with Gasteiger partial charge in [-0.3, -0.25) is 14.9 Å². The number of rotatable bonds is 3. The van der Waals surface area contributed by atoms with Crippen LogP contribution in [0.4, 0.5) is 11.4 Å². The van der Waals surface area contributed by atoms with Gasteiger partial charge in [-0.2, -0.15) is 0 Å². The average Bonchev–Trinajstić information content (AvgIpc) is 3.18. The fourth-order valence-corrected chi connectivity index (χ4v) is 2.87. The number of hydrogen-bond acceptors (Lipinski definition) is 5. The van der Waals surface area contributed by atoms with Gasteiger partial charge < -0.3 is 19.7 Å². The summed E-state index contributed by atoms with van der Waals surface area (Å²) < 4.78 is 5.23. The maximum atomic E-state index is 12.7. The lowest BCUT2D eigenvalue weighted by molar-refractivity contribution is -0.385. The quantitative estimate of drug-likeness (QED) is 0.378. The van der Waals surface area contributed by atoms with Gasteiger partial charge in [-0.15, -0.1) is 0 Å². The van der Waals surface area contributed by atoms with Crippen LogP contribution >= 0.6 is 0 Å². The van der Waals surface area contributed by atoms with Gasteiger partial charge in [0, 0.05) is 24.9 Å². The molecule has 0 fully saturated rings. The van der Waals surface area contributed by atoms with Crippen molar-refractivity contribution in [1.29, 1.82) is 0 Å². The van der Waals surface area contributed by atoms with Gasteiger partial charge in [0.25, 0.3) is 11.6 Å². The third kappa shape index (κ3) is 2.70. The zero-order chi connectivity index (χ0) is 18.8. The highest BCUT2D eigenvalue weighted by atomic mass is 16.6. The molecular weight excluding hydrogens is 338 g/mol. The van der Waals surface area contributed by atoms with Gasteiger partial charge in [0.15, 0.2) is 0 Å². The van der Waals surface area contributed by atoms with Crippen LogP contribution in [0.5, 0.6) is 5.75 Å². The number of methoxy groups -OCH3 is 1. The molecule has 0 bridgehead atoms. The molecule has 132 valence electrons. The number of nitro benzene ring substituents is 1. The van der Waals surface area contributed by atoms with E-state index in [1.807, 2.05) is 0 Å². The monoisotopic (exact) mass is 353 g/mol. The summed E-state index contributed by atoms with van der Waals surface area (Å²) in [6.45, 7) is -0.450. The van der Waals surface area contributed by atoms with E-state index in [9.17, 15) is 14.9 Å². The van der Waals surface area contributed by atoms with Crippen LogP contribution in [-0.2, 0) is 4.79 Å². The number of benzene rings is 1. The molecule has 2 heterocycles. The first-order valence-electron chi connectivity index (χ1n) is 7.62. The fourth-order valence-electron chi connectivity index (χ4n) is 2.87. The lowest BCUT2D eigenvalue weighted by Crippen LogP contribution is -2.20. The number of aromatic amines is 1. The Hall–Kier alpha value is -3.57. The number of likely N-dealkylation sites (N-methyl/N-ethyl adjacent to an activating group) is 1. The largest absolute Gasteiger partial charge is 0.495 e. The Morgan fingerprint density at radius 2 is 2.19 bits per heavy atom. The summed E-state index contributed by atoms with van der Waals surface area (Å²) in [6.07, 6.45) is 3.24. The number of anilines is 1. The molecule has 1 aromatic carbocycles. The van der Waals surface area contributed by atoms with Crippen molar-refractivity contribution in [1.82, 2.24) is 4.98 Å². The number of carbonyl (C=O) groups is 1. The van der Waals surface area contributed by atoms with Crippen molar-refractivity contribution in [2.75, 3.05) is 25.7 Å². The number of aliphatic hydroxyl groups excluding tert-OH is 1. The summed E-state index contributed by atoms with van der Waals surface area (Å²) in [6, 6.07) is 4.53. The first kappa shape index (κ1) is 17.3. The van der Waals surface area contributed by atoms with Crippen molar-refractivity contribution in [3.8, 4) is 17.6 Å². The van der Waals surface area contributed by atoms with Gasteiger partial charge in [0.1, 0.15) is 17.9 Å². The normalized spacial score (nSPS) is 14.2. The van der Waals surface area contributed by atoms with Crippen molar-refractivity contribution < 1.29 is 19.6 Å². The van der Waals surface area contributed by atoms with Crippen LogP contribution in [0.3, 0.4) is 0 Å². The van der Waals surface area contributed by atoms with Gasteiger partial charge in [-0.25, -0.2) is 0 Å². The van der Waals surface area contributed by atoms with Crippen molar-refractivity contribution in [2.45, 2.75) is 0 Å². The average molecular weight is 353 g/mol. The molecule has 2 aromatic rings. The van der Waals surface area contributed by atoms with Crippen LogP contribution in [0.25, 0.3) is 11.6 Å². The van der Waals surface area contributed by atoms with Gasteiger partial charge in [0.05, 0.1) is 29.0 Å². The molecule has 1 aliphatic rings. The summed E-state index contributed by atoms with van der Waals surface area (Å²) in [5.41, 5.74) is 1.57. The number of nitrogens with zero attached hydrogens (tertiary/aromatic N) is 2. The van der Waals surface area contributed by atoms with E-state index >= 15 is 0 Å². The lowest BCUT2D eigenvalue weighted by atomic mass is 9.98. The van der Waals surface area contributed by atoms with Crippen molar-refractivity contribution in [3.05, 3.63) is 51.3 Å². The number of hydrogen-bond donors (Lipinski definition) is 2. The van der Waals surface area contributed by atoms with Crippen molar-refractivity contribution >= 4 is 28.9 Å². The molecule has 0 saturated heterocycles. The van der Waals surface area contributed by atoms with E-state index in [-0.39, 0.29) is 22.7 Å². The van der Waals surface area contributed by atoms with E-state index in [1.54, 1.807) is 25.4 Å². The van der Waals surface area contributed by atoms with Crippen LogP contribution < -0.4 is 9.64 Å². The number of nitro groups is 1. The number of aliphatic hydroxyl groups is 1. The van der Waals surface area contributed by atoms with E-state index in [0.29, 0.717) is 22.7 Å². The number of carbonyl (C=O) groups excluding carboxylic acids is 1. The van der Waals surface area contributed by atoms with Crippen LogP contribution in [0.1, 0.15) is 16.8 Å². The molecule has 2 N–H and O–H groups in total. The summed E-state index contributed by atoms with van der Waals surface area (Å²) in [7, 11) is 3.09. The second-order valence-corrected chi connectivity index (χ2v) is 5.45. The predicted molar refractivity (Wildman–Crippen MR) is 95.7 cm³/mol. The van der Waals surface area contributed by atoms with Crippen molar-refractivity contribution in [3.63, 3.8) is 0 Å². The number of aromatic nitrogens is 1. The molecule has 0 unspecified atom stereocenters. The van der Waals surface area contributed by atoms with Gasteiger partial charge in [0.2, 0.25) is 0 Å². The van der Waals surface area contributed by atoms with E-state index in [1.165, 1.54) is 24.1 Å². The Morgan fingerprint density at radius 3 is 2.85 bits per heavy atom. The molecule has 0 atom stereocenters. The molecule has 0 aliphatic carbocycles. The molecule has 26 heavy (non-hydrogen) atoms. The number of fused-ring (bicyclic) bond motifs is 1. The van der Waals surface area contributed by atoms with Crippen LogP contribution in [0.15, 0.2) is 24.4 Å². The second kappa shape index (κ2) is 6.74. The highest BCUT2D eigenvalue weighted by molar-refractivity contribution is 6.36. The summed E-state index contributed by atoms with van der Waals surface area (Å²) in [4.78, 5) is 28.0. The minimum Gasteiger partial charge on any atom is -0.495 e. The molecule has 8 heteroatoms. The smallest absolute Gasteiger partial charge is 0.285 e. The molecule has 1 amide bonds. The number of H-pyrrole nitrogens is 1. The van der Waals surface area contributed by atoms with E-state index in [4.69, 9.17) is 9.84 Å². The Labute approximate surface area is 148 Å². The third-order valence-electron chi connectivity index (χ3n) is 4.06. The Kier molecular flexibility index (Phi) is 4.47. The fraction of sp³-hybridized carbons (Fsp3) is 0.167. The van der Waals surface area contributed by atoms with Gasteiger partial charge in [-0.1, -0.05) is 11.8 Å². The first-order chi connectivity index (χ1) is 12.5. The van der Waals surface area contributed by atoms with Gasteiger partial charge in [-0.05, 0) is 18.2 Å². The van der Waals surface area contributed by atoms with Crippen molar-refractivity contribution in [2.24, 2.45) is 0 Å².